The van der Waals surface area contributed by atoms with Gasteiger partial charge >= 0.3 is 6.36 Å². The van der Waals surface area contributed by atoms with Crippen LogP contribution in [0.15, 0.2) is 42.6 Å². The Hall–Kier alpha value is -2.15. The van der Waals surface area contributed by atoms with Crippen molar-refractivity contribution in [3.05, 3.63) is 59.7 Å². The molecule has 0 saturated heterocycles. The normalized spacial score (nSPS) is 13.1. The molecule has 0 spiro atoms. The van der Waals surface area contributed by atoms with Crippen molar-refractivity contribution in [2.75, 3.05) is 0 Å². The van der Waals surface area contributed by atoms with Gasteiger partial charge in [-0.1, -0.05) is 6.07 Å². The van der Waals surface area contributed by atoms with Crippen LogP contribution in [0.3, 0.4) is 0 Å². The van der Waals surface area contributed by atoms with Crippen LogP contribution in [0.2, 0.25) is 0 Å². The molecule has 2 rings (SSSR count). The van der Waals surface area contributed by atoms with E-state index in [0.29, 0.717) is 0 Å². The van der Waals surface area contributed by atoms with Crippen molar-refractivity contribution in [2.45, 2.75) is 12.5 Å². The summed E-state index contributed by atoms with van der Waals surface area (Å²) < 4.78 is 53.6. The van der Waals surface area contributed by atoms with Gasteiger partial charge in [-0.05, 0) is 30.3 Å². The number of rotatable bonds is 3. The highest BCUT2D eigenvalue weighted by atomic mass is 19.4. The second-order valence-corrected chi connectivity index (χ2v) is 3.89. The van der Waals surface area contributed by atoms with Gasteiger partial charge in [-0.15, -0.1) is 13.2 Å². The van der Waals surface area contributed by atoms with Crippen LogP contribution in [0.4, 0.5) is 17.6 Å². The van der Waals surface area contributed by atoms with E-state index in [1.54, 1.807) is 12.1 Å². The number of pyridine rings is 1. The van der Waals surface area contributed by atoms with Gasteiger partial charge in [0.2, 0.25) is 0 Å². The van der Waals surface area contributed by atoms with Crippen molar-refractivity contribution in [3.63, 3.8) is 0 Å². The summed E-state index contributed by atoms with van der Waals surface area (Å²) in [6.07, 6.45) is -4.98. The summed E-state index contributed by atoms with van der Waals surface area (Å²) in [4.78, 5) is 3.82. The van der Waals surface area contributed by atoms with E-state index in [9.17, 15) is 22.7 Å². The summed E-state index contributed by atoms with van der Waals surface area (Å²) in [5, 5.41) is 9.96. The van der Waals surface area contributed by atoms with Gasteiger partial charge in [0.15, 0.2) is 0 Å². The molecule has 2 aromatic rings. The quantitative estimate of drug-likeness (QED) is 0.881. The first kappa shape index (κ1) is 14.3. The summed E-state index contributed by atoms with van der Waals surface area (Å²) in [5.41, 5.74) is -0.221. The number of halogens is 4. The van der Waals surface area contributed by atoms with Gasteiger partial charge in [0.05, 0.1) is 5.69 Å². The molecule has 0 aliphatic rings. The molecule has 0 amide bonds. The van der Waals surface area contributed by atoms with Crippen LogP contribution < -0.4 is 4.74 Å². The van der Waals surface area contributed by atoms with E-state index in [0.717, 1.165) is 18.2 Å². The van der Waals surface area contributed by atoms with Crippen LogP contribution in [0.1, 0.15) is 17.4 Å². The molecule has 0 aliphatic heterocycles. The van der Waals surface area contributed by atoms with E-state index in [2.05, 4.69) is 9.72 Å². The third-order valence-corrected chi connectivity index (χ3v) is 2.46. The van der Waals surface area contributed by atoms with Crippen molar-refractivity contribution < 1.29 is 27.4 Å². The average Bonchev–Trinajstić information content (AvgIpc) is 2.40. The Morgan fingerprint density at radius 3 is 2.50 bits per heavy atom. The smallest absolute Gasteiger partial charge is 0.406 e. The second kappa shape index (κ2) is 5.46. The van der Waals surface area contributed by atoms with Gasteiger partial charge in [0.25, 0.3) is 0 Å². The number of aliphatic hydroxyl groups excluding tert-OH is 1. The number of hydrogen-bond acceptors (Lipinski definition) is 3. The molecule has 20 heavy (non-hydrogen) atoms. The molecule has 1 N–H and O–H groups in total. The largest absolute Gasteiger partial charge is 0.573 e. The molecule has 1 aromatic carbocycles. The fourth-order valence-corrected chi connectivity index (χ4v) is 1.63. The number of nitrogens with zero attached hydrogens (tertiary/aromatic N) is 1. The highest BCUT2D eigenvalue weighted by Crippen LogP contribution is 2.29. The molecule has 0 saturated carbocycles. The Bertz CT molecular complexity index is 587. The van der Waals surface area contributed by atoms with E-state index in [1.165, 1.54) is 12.3 Å². The van der Waals surface area contributed by atoms with E-state index >= 15 is 0 Å². The SMILES string of the molecule is OC(c1ccccn1)c1cc(OC(F)(F)F)ccc1F. The van der Waals surface area contributed by atoms with E-state index in [-0.39, 0.29) is 11.3 Å². The average molecular weight is 287 g/mol. The molecule has 0 aliphatic carbocycles. The van der Waals surface area contributed by atoms with E-state index < -0.39 is 24.0 Å². The Morgan fingerprint density at radius 1 is 1.15 bits per heavy atom. The first-order chi connectivity index (χ1) is 9.37. The maximum absolute atomic E-state index is 13.6. The lowest BCUT2D eigenvalue weighted by Crippen LogP contribution is -2.17. The van der Waals surface area contributed by atoms with Crippen molar-refractivity contribution in [1.29, 1.82) is 0 Å². The predicted octanol–water partition coefficient (Wildman–Crippen LogP) is 3.20. The molecule has 106 valence electrons. The van der Waals surface area contributed by atoms with Gasteiger partial charge in [0.1, 0.15) is 17.7 Å². The maximum atomic E-state index is 13.6. The predicted molar refractivity (Wildman–Crippen MR) is 61.4 cm³/mol. The summed E-state index contributed by atoms with van der Waals surface area (Å²) in [6, 6.07) is 7.01. The molecule has 0 bridgehead atoms. The molecule has 0 fully saturated rings. The van der Waals surface area contributed by atoms with Crippen LogP contribution in [0.5, 0.6) is 5.75 Å². The molecule has 3 nitrogen and oxygen atoms in total. The van der Waals surface area contributed by atoms with Crippen LogP contribution in [0, 0.1) is 5.82 Å². The number of ether oxygens (including phenoxy) is 1. The number of benzene rings is 1. The van der Waals surface area contributed by atoms with Gasteiger partial charge in [0, 0.05) is 11.8 Å². The van der Waals surface area contributed by atoms with Crippen molar-refractivity contribution in [3.8, 4) is 5.75 Å². The summed E-state index contributed by atoms with van der Waals surface area (Å²) >= 11 is 0. The molecule has 7 heteroatoms. The highest BCUT2D eigenvalue weighted by Gasteiger charge is 2.31. The van der Waals surface area contributed by atoms with E-state index in [4.69, 9.17) is 0 Å². The Kier molecular flexibility index (Phi) is 3.89. The lowest BCUT2D eigenvalue weighted by Gasteiger charge is -2.14. The standard InChI is InChI=1S/C13H9F4NO2/c14-10-5-4-8(20-13(15,16)17)7-9(10)12(19)11-3-1-2-6-18-11/h1-7,12,19H. The first-order valence-electron chi connectivity index (χ1n) is 5.51. The molecule has 1 unspecified atom stereocenters. The Labute approximate surface area is 111 Å². The third kappa shape index (κ3) is 3.45. The number of aromatic nitrogens is 1. The molecule has 0 radical (unpaired) electrons. The zero-order chi connectivity index (χ0) is 14.8. The molecule has 1 atom stereocenters. The zero-order valence-electron chi connectivity index (χ0n) is 9.93. The summed E-state index contributed by atoms with van der Waals surface area (Å²) in [5.74, 6) is -1.46. The van der Waals surface area contributed by atoms with Crippen LogP contribution >= 0.6 is 0 Å². The van der Waals surface area contributed by atoms with Gasteiger partial charge < -0.3 is 9.84 Å². The minimum absolute atomic E-state index is 0.121. The summed E-state index contributed by atoms with van der Waals surface area (Å²) in [7, 11) is 0. The van der Waals surface area contributed by atoms with Gasteiger partial charge in [-0.2, -0.15) is 0 Å². The van der Waals surface area contributed by atoms with Gasteiger partial charge in [-0.3, -0.25) is 4.98 Å². The van der Waals surface area contributed by atoms with Crippen molar-refractivity contribution in [1.82, 2.24) is 4.98 Å². The van der Waals surface area contributed by atoms with Crippen molar-refractivity contribution >= 4 is 0 Å². The van der Waals surface area contributed by atoms with Crippen LogP contribution in [0.25, 0.3) is 0 Å². The molecular formula is C13H9F4NO2. The zero-order valence-corrected chi connectivity index (χ0v) is 9.93. The molecule has 1 aromatic heterocycles. The fourth-order valence-electron chi connectivity index (χ4n) is 1.63. The Balaban J connectivity index is 2.34. The number of aliphatic hydroxyl groups is 1. The summed E-state index contributed by atoms with van der Waals surface area (Å²) in [6.45, 7) is 0. The van der Waals surface area contributed by atoms with Crippen LogP contribution in [-0.4, -0.2) is 16.5 Å². The monoisotopic (exact) mass is 287 g/mol. The minimum Gasteiger partial charge on any atom is -0.406 e. The van der Waals surface area contributed by atoms with Crippen LogP contribution in [-0.2, 0) is 0 Å². The highest BCUT2D eigenvalue weighted by molar-refractivity contribution is 5.34. The van der Waals surface area contributed by atoms with Gasteiger partial charge in [-0.25, -0.2) is 4.39 Å². The van der Waals surface area contributed by atoms with E-state index in [1.807, 2.05) is 0 Å². The number of hydrogen-bond donors (Lipinski definition) is 1. The lowest BCUT2D eigenvalue weighted by molar-refractivity contribution is -0.274. The molecule has 1 heterocycles. The van der Waals surface area contributed by atoms with Crippen molar-refractivity contribution in [2.24, 2.45) is 0 Å². The molecular weight excluding hydrogens is 278 g/mol. The number of alkyl halides is 3. The first-order valence-corrected chi connectivity index (χ1v) is 5.51. The maximum Gasteiger partial charge on any atom is 0.573 e. The lowest BCUT2D eigenvalue weighted by atomic mass is 10.1. The fraction of sp³-hybridized carbons (Fsp3) is 0.154. The Morgan fingerprint density at radius 2 is 1.90 bits per heavy atom. The minimum atomic E-state index is -4.88. The second-order valence-electron chi connectivity index (χ2n) is 3.89. The third-order valence-electron chi connectivity index (χ3n) is 2.46. The topological polar surface area (TPSA) is 42.4 Å².